The van der Waals surface area contributed by atoms with Gasteiger partial charge in [0.1, 0.15) is 11.6 Å². The molecular formula is C13H13FN2O2. The first-order valence-electron chi connectivity index (χ1n) is 5.47. The van der Waals surface area contributed by atoms with Gasteiger partial charge in [0.25, 0.3) is 5.91 Å². The van der Waals surface area contributed by atoms with Crippen molar-refractivity contribution in [2.24, 2.45) is 0 Å². The van der Waals surface area contributed by atoms with E-state index >= 15 is 0 Å². The van der Waals surface area contributed by atoms with Crippen LogP contribution in [0.4, 0.5) is 10.1 Å². The van der Waals surface area contributed by atoms with Crippen molar-refractivity contribution in [3.8, 4) is 0 Å². The molecule has 0 aliphatic carbocycles. The second-order valence-electron chi connectivity index (χ2n) is 3.95. The molecule has 0 bridgehead atoms. The highest BCUT2D eigenvalue weighted by Crippen LogP contribution is 2.15. The lowest BCUT2D eigenvalue weighted by Gasteiger charge is -2.11. The van der Waals surface area contributed by atoms with E-state index in [1.54, 1.807) is 19.1 Å². The summed E-state index contributed by atoms with van der Waals surface area (Å²) in [6.45, 7) is 1.78. The SMILES string of the molecule is CC(NC(=O)c1ccc(N)c(F)c1)c1ccco1. The molecular weight excluding hydrogens is 235 g/mol. The molecule has 94 valence electrons. The zero-order valence-electron chi connectivity index (χ0n) is 9.81. The molecule has 1 aromatic heterocycles. The summed E-state index contributed by atoms with van der Waals surface area (Å²) >= 11 is 0. The van der Waals surface area contributed by atoms with Crippen molar-refractivity contribution in [1.29, 1.82) is 0 Å². The first-order valence-corrected chi connectivity index (χ1v) is 5.47. The van der Waals surface area contributed by atoms with E-state index in [0.29, 0.717) is 5.76 Å². The van der Waals surface area contributed by atoms with Gasteiger partial charge >= 0.3 is 0 Å². The van der Waals surface area contributed by atoms with Gasteiger partial charge in [0.05, 0.1) is 18.0 Å². The summed E-state index contributed by atoms with van der Waals surface area (Å²) in [5.41, 5.74) is 5.59. The maximum absolute atomic E-state index is 13.2. The summed E-state index contributed by atoms with van der Waals surface area (Å²) in [5, 5.41) is 2.71. The number of halogens is 1. The summed E-state index contributed by atoms with van der Waals surface area (Å²) in [4.78, 5) is 11.9. The normalized spacial score (nSPS) is 12.1. The van der Waals surface area contributed by atoms with Crippen LogP contribution in [0.3, 0.4) is 0 Å². The van der Waals surface area contributed by atoms with Gasteiger partial charge in [-0.3, -0.25) is 4.79 Å². The summed E-state index contributed by atoms with van der Waals surface area (Å²) in [6.07, 6.45) is 1.53. The highest BCUT2D eigenvalue weighted by atomic mass is 19.1. The Bertz CT molecular complexity index is 552. The van der Waals surface area contributed by atoms with Crippen LogP contribution in [0.1, 0.15) is 29.1 Å². The van der Waals surface area contributed by atoms with Crippen molar-refractivity contribution in [1.82, 2.24) is 5.32 Å². The Kier molecular flexibility index (Phi) is 3.32. The zero-order chi connectivity index (χ0) is 13.1. The average molecular weight is 248 g/mol. The number of amides is 1. The second-order valence-corrected chi connectivity index (χ2v) is 3.95. The molecule has 1 atom stereocenters. The van der Waals surface area contributed by atoms with Crippen LogP contribution in [0, 0.1) is 5.82 Å². The highest BCUT2D eigenvalue weighted by Gasteiger charge is 2.14. The van der Waals surface area contributed by atoms with Crippen molar-refractivity contribution in [2.75, 3.05) is 5.73 Å². The van der Waals surface area contributed by atoms with Gasteiger partial charge in [-0.15, -0.1) is 0 Å². The van der Waals surface area contributed by atoms with Crippen molar-refractivity contribution in [3.63, 3.8) is 0 Å². The third kappa shape index (κ3) is 2.51. The van der Waals surface area contributed by atoms with Crippen LogP contribution in [0.5, 0.6) is 0 Å². The van der Waals surface area contributed by atoms with E-state index in [-0.39, 0.29) is 23.2 Å². The van der Waals surface area contributed by atoms with E-state index in [0.717, 1.165) is 6.07 Å². The van der Waals surface area contributed by atoms with E-state index in [4.69, 9.17) is 10.2 Å². The molecule has 1 unspecified atom stereocenters. The number of carbonyl (C=O) groups excluding carboxylic acids is 1. The number of nitrogens with two attached hydrogens (primary N) is 1. The van der Waals surface area contributed by atoms with Crippen molar-refractivity contribution in [3.05, 3.63) is 53.7 Å². The van der Waals surface area contributed by atoms with Gasteiger partial charge in [-0.2, -0.15) is 0 Å². The zero-order valence-corrected chi connectivity index (χ0v) is 9.81. The molecule has 1 aromatic carbocycles. The summed E-state index contributed by atoms with van der Waals surface area (Å²) in [7, 11) is 0. The largest absolute Gasteiger partial charge is 0.467 e. The molecule has 0 aliphatic heterocycles. The molecule has 0 radical (unpaired) electrons. The first-order chi connectivity index (χ1) is 8.58. The number of nitrogens with one attached hydrogen (secondary N) is 1. The van der Waals surface area contributed by atoms with Crippen LogP contribution in [-0.4, -0.2) is 5.91 Å². The first kappa shape index (κ1) is 12.2. The number of carbonyl (C=O) groups is 1. The summed E-state index contributed by atoms with van der Waals surface area (Å²) in [6, 6.07) is 7.16. The van der Waals surface area contributed by atoms with E-state index < -0.39 is 5.82 Å². The Hall–Kier alpha value is -2.30. The number of rotatable bonds is 3. The molecule has 0 fully saturated rings. The fourth-order valence-electron chi connectivity index (χ4n) is 1.56. The van der Waals surface area contributed by atoms with Crippen LogP contribution in [0.25, 0.3) is 0 Å². The van der Waals surface area contributed by atoms with Gasteiger partial charge in [0.2, 0.25) is 0 Å². The number of hydrogen-bond donors (Lipinski definition) is 2. The smallest absolute Gasteiger partial charge is 0.251 e. The fraction of sp³-hybridized carbons (Fsp3) is 0.154. The molecule has 4 nitrogen and oxygen atoms in total. The van der Waals surface area contributed by atoms with Crippen molar-refractivity contribution >= 4 is 11.6 Å². The standard InChI is InChI=1S/C13H13FN2O2/c1-8(12-3-2-6-18-12)16-13(17)9-4-5-11(15)10(14)7-9/h2-8H,15H2,1H3,(H,16,17). The summed E-state index contributed by atoms with van der Waals surface area (Å²) in [5.74, 6) is -0.342. The van der Waals surface area contributed by atoms with E-state index in [9.17, 15) is 9.18 Å². The molecule has 1 amide bonds. The summed E-state index contributed by atoms with van der Waals surface area (Å²) < 4.78 is 18.4. The molecule has 2 aromatic rings. The lowest BCUT2D eigenvalue weighted by atomic mass is 10.1. The molecule has 0 saturated carbocycles. The molecule has 0 saturated heterocycles. The minimum atomic E-state index is -0.603. The van der Waals surface area contributed by atoms with Crippen molar-refractivity contribution in [2.45, 2.75) is 13.0 Å². The molecule has 0 aliphatic rings. The fourth-order valence-corrected chi connectivity index (χ4v) is 1.56. The quantitative estimate of drug-likeness (QED) is 0.820. The number of hydrogen-bond acceptors (Lipinski definition) is 3. The molecule has 5 heteroatoms. The van der Waals surface area contributed by atoms with Crippen LogP contribution in [-0.2, 0) is 0 Å². The maximum atomic E-state index is 13.2. The van der Waals surface area contributed by atoms with Gasteiger partial charge in [0, 0.05) is 5.56 Å². The molecule has 0 spiro atoms. The highest BCUT2D eigenvalue weighted by molar-refractivity contribution is 5.94. The molecule has 1 heterocycles. The number of furan rings is 1. The minimum absolute atomic E-state index is 0.0191. The van der Waals surface area contributed by atoms with E-state index in [1.165, 1.54) is 18.4 Å². The van der Waals surface area contributed by atoms with E-state index in [1.807, 2.05) is 0 Å². The van der Waals surface area contributed by atoms with Gasteiger partial charge in [-0.05, 0) is 37.3 Å². The predicted octanol–water partition coefficient (Wildman–Crippen LogP) is 2.49. The van der Waals surface area contributed by atoms with Crippen LogP contribution >= 0.6 is 0 Å². The van der Waals surface area contributed by atoms with Crippen molar-refractivity contribution < 1.29 is 13.6 Å². The lowest BCUT2D eigenvalue weighted by Crippen LogP contribution is -2.26. The van der Waals surface area contributed by atoms with Gasteiger partial charge in [-0.25, -0.2) is 4.39 Å². The van der Waals surface area contributed by atoms with Crippen LogP contribution < -0.4 is 11.1 Å². The monoisotopic (exact) mass is 248 g/mol. The number of benzene rings is 1. The Balaban J connectivity index is 2.10. The molecule has 18 heavy (non-hydrogen) atoms. The molecule has 3 N–H and O–H groups in total. The van der Waals surface area contributed by atoms with Gasteiger partial charge in [0.15, 0.2) is 0 Å². The topological polar surface area (TPSA) is 68.3 Å². The third-order valence-corrected chi connectivity index (χ3v) is 2.58. The van der Waals surface area contributed by atoms with Gasteiger partial charge < -0.3 is 15.5 Å². The Morgan fingerprint density at radius 2 is 2.22 bits per heavy atom. The third-order valence-electron chi connectivity index (χ3n) is 2.58. The van der Waals surface area contributed by atoms with Crippen LogP contribution in [0.15, 0.2) is 41.0 Å². The lowest BCUT2D eigenvalue weighted by molar-refractivity contribution is 0.0935. The van der Waals surface area contributed by atoms with E-state index in [2.05, 4.69) is 5.32 Å². The molecule has 2 rings (SSSR count). The Morgan fingerprint density at radius 1 is 1.44 bits per heavy atom. The minimum Gasteiger partial charge on any atom is -0.467 e. The number of nitrogen functional groups attached to an aromatic ring is 1. The Labute approximate surface area is 104 Å². The second kappa shape index (κ2) is 4.91. The van der Waals surface area contributed by atoms with Crippen LogP contribution in [0.2, 0.25) is 0 Å². The number of anilines is 1. The maximum Gasteiger partial charge on any atom is 0.251 e. The van der Waals surface area contributed by atoms with Gasteiger partial charge in [-0.1, -0.05) is 0 Å². The average Bonchev–Trinajstić information content (AvgIpc) is 2.86. The Morgan fingerprint density at radius 3 is 2.83 bits per heavy atom. The predicted molar refractivity (Wildman–Crippen MR) is 65.4 cm³/mol.